The number of amides is 1. The second-order valence-electron chi connectivity index (χ2n) is 5.90. The van der Waals surface area contributed by atoms with Gasteiger partial charge in [-0.25, -0.2) is 4.98 Å². The van der Waals surface area contributed by atoms with Crippen LogP contribution >= 0.6 is 0 Å². The van der Waals surface area contributed by atoms with Crippen molar-refractivity contribution in [3.63, 3.8) is 0 Å². The van der Waals surface area contributed by atoms with E-state index in [1.54, 1.807) is 0 Å². The van der Waals surface area contributed by atoms with Crippen LogP contribution in [-0.4, -0.2) is 10.9 Å². The molecule has 0 saturated heterocycles. The molecule has 1 aliphatic rings. The Labute approximate surface area is 133 Å². The molecule has 1 aromatic heterocycles. The van der Waals surface area contributed by atoms with E-state index in [9.17, 15) is 4.79 Å². The van der Waals surface area contributed by atoms with Crippen molar-refractivity contribution in [2.24, 2.45) is 5.73 Å². The fourth-order valence-electron chi connectivity index (χ4n) is 2.67. The molecule has 5 nitrogen and oxygen atoms in total. The summed E-state index contributed by atoms with van der Waals surface area (Å²) in [5.74, 6) is 0.864. The van der Waals surface area contributed by atoms with Crippen molar-refractivity contribution >= 4 is 22.7 Å². The van der Waals surface area contributed by atoms with E-state index >= 15 is 0 Å². The number of anilines is 1. The largest absolute Gasteiger partial charge is 0.440 e. The minimum absolute atomic E-state index is 0.421. The SMILES string of the molecule is NC(=O)[C@@H](Nc1ccc2oc(C3CC3)nc2c1)c1ccccc1. The van der Waals surface area contributed by atoms with Crippen LogP contribution in [0, 0.1) is 0 Å². The van der Waals surface area contributed by atoms with Gasteiger partial charge in [0.2, 0.25) is 5.91 Å². The summed E-state index contributed by atoms with van der Waals surface area (Å²) in [6, 6.07) is 14.5. The van der Waals surface area contributed by atoms with Gasteiger partial charge in [-0.05, 0) is 36.6 Å². The van der Waals surface area contributed by atoms with Crippen LogP contribution in [-0.2, 0) is 4.79 Å². The minimum Gasteiger partial charge on any atom is -0.440 e. The lowest BCUT2D eigenvalue weighted by Crippen LogP contribution is -2.27. The van der Waals surface area contributed by atoms with E-state index in [2.05, 4.69) is 10.3 Å². The average molecular weight is 307 g/mol. The Hall–Kier alpha value is -2.82. The van der Waals surface area contributed by atoms with Crippen molar-refractivity contribution in [2.45, 2.75) is 24.8 Å². The number of oxazole rings is 1. The minimum atomic E-state index is -0.580. The van der Waals surface area contributed by atoms with Gasteiger partial charge in [-0.2, -0.15) is 0 Å². The van der Waals surface area contributed by atoms with Crippen LogP contribution in [0.4, 0.5) is 5.69 Å². The van der Waals surface area contributed by atoms with Crippen molar-refractivity contribution in [2.75, 3.05) is 5.32 Å². The maximum absolute atomic E-state index is 11.8. The maximum atomic E-state index is 11.8. The van der Waals surface area contributed by atoms with E-state index in [-0.39, 0.29) is 0 Å². The molecule has 23 heavy (non-hydrogen) atoms. The second-order valence-corrected chi connectivity index (χ2v) is 5.90. The fraction of sp³-hybridized carbons (Fsp3) is 0.222. The van der Waals surface area contributed by atoms with Crippen molar-refractivity contribution in [3.8, 4) is 0 Å². The number of rotatable bonds is 5. The first-order valence-electron chi connectivity index (χ1n) is 7.72. The van der Waals surface area contributed by atoms with Gasteiger partial charge in [-0.3, -0.25) is 4.79 Å². The highest BCUT2D eigenvalue weighted by molar-refractivity contribution is 5.85. The number of carbonyl (C=O) groups excluding carboxylic acids is 1. The zero-order chi connectivity index (χ0) is 15.8. The molecule has 5 heteroatoms. The van der Waals surface area contributed by atoms with E-state index < -0.39 is 11.9 Å². The van der Waals surface area contributed by atoms with Crippen LogP contribution in [0.3, 0.4) is 0 Å². The van der Waals surface area contributed by atoms with Crippen LogP contribution in [0.1, 0.15) is 36.3 Å². The van der Waals surface area contributed by atoms with Crippen LogP contribution in [0.15, 0.2) is 52.9 Å². The third-order valence-corrected chi connectivity index (χ3v) is 4.06. The second kappa shape index (κ2) is 5.43. The number of benzene rings is 2. The van der Waals surface area contributed by atoms with Crippen LogP contribution in [0.5, 0.6) is 0 Å². The number of carbonyl (C=O) groups is 1. The lowest BCUT2D eigenvalue weighted by molar-refractivity contribution is -0.118. The molecule has 1 aliphatic carbocycles. The van der Waals surface area contributed by atoms with Gasteiger partial charge < -0.3 is 15.5 Å². The van der Waals surface area contributed by atoms with Gasteiger partial charge in [-0.15, -0.1) is 0 Å². The highest BCUT2D eigenvalue weighted by Crippen LogP contribution is 2.40. The quantitative estimate of drug-likeness (QED) is 0.757. The molecule has 0 spiro atoms. The first kappa shape index (κ1) is 13.8. The van der Waals surface area contributed by atoms with Gasteiger partial charge in [0.15, 0.2) is 11.5 Å². The molecule has 4 rings (SSSR count). The molecule has 1 fully saturated rings. The summed E-state index contributed by atoms with van der Waals surface area (Å²) in [5.41, 5.74) is 8.74. The Morgan fingerprint density at radius 1 is 1.22 bits per heavy atom. The standard InChI is InChI=1S/C18H17N3O2/c19-17(22)16(11-4-2-1-3-5-11)20-13-8-9-15-14(10-13)21-18(23-15)12-6-7-12/h1-5,8-10,12,16,20H,6-7H2,(H2,19,22)/t16-/m0/s1. The van der Waals surface area contributed by atoms with E-state index in [0.717, 1.165) is 41.1 Å². The first-order valence-corrected chi connectivity index (χ1v) is 7.72. The zero-order valence-corrected chi connectivity index (χ0v) is 12.5. The lowest BCUT2D eigenvalue weighted by atomic mass is 10.1. The molecular weight excluding hydrogens is 290 g/mol. The topological polar surface area (TPSA) is 81.2 Å². The molecule has 2 aromatic carbocycles. The monoisotopic (exact) mass is 307 g/mol. The molecule has 0 aliphatic heterocycles. The van der Waals surface area contributed by atoms with Crippen molar-refractivity contribution < 1.29 is 9.21 Å². The Balaban J connectivity index is 1.63. The number of hydrogen-bond donors (Lipinski definition) is 2. The summed E-state index contributed by atoms with van der Waals surface area (Å²) in [6.45, 7) is 0. The summed E-state index contributed by atoms with van der Waals surface area (Å²) in [6.07, 6.45) is 2.30. The van der Waals surface area contributed by atoms with Crippen LogP contribution in [0.25, 0.3) is 11.1 Å². The predicted octanol–water partition coefficient (Wildman–Crippen LogP) is 3.34. The predicted molar refractivity (Wildman–Crippen MR) is 88.0 cm³/mol. The Bertz CT molecular complexity index is 853. The molecular formula is C18H17N3O2. The smallest absolute Gasteiger partial charge is 0.244 e. The maximum Gasteiger partial charge on any atom is 0.244 e. The van der Waals surface area contributed by atoms with Gasteiger partial charge in [-0.1, -0.05) is 30.3 Å². The normalized spacial score (nSPS) is 15.5. The van der Waals surface area contributed by atoms with Crippen LogP contribution < -0.4 is 11.1 Å². The Morgan fingerprint density at radius 3 is 2.70 bits per heavy atom. The van der Waals surface area contributed by atoms with Gasteiger partial charge in [0.05, 0.1) is 0 Å². The summed E-state index contributed by atoms with van der Waals surface area (Å²) >= 11 is 0. The number of aromatic nitrogens is 1. The van der Waals surface area contributed by atoms with Gasteiger partial charge in [0, 0.05) is 11.6 Å². The molecule has 3 N–H and O–H groups in total. The first-order chi connectivity index (χ1) is 11.2. The number of nitrogens with zero attached hydrogens (tertiary/aromatic N) is 1. The third kappa shape index (κ3) is 2.77. The average Bonchev–Trinajstić information content (AvgIpc) is 3.32. The summed E-state index contributed by atoms with van der Waals surface area (Å²) in [7, 11) is 0. The molecule has 1 atom stereocenters. The van der Waals surface area contributed by atoms with Crippen molar-refractivity contribution in [1.29, 1.82) is 0 Å². The molecule has 1 saturated carbocycles. The van der Waals surface area contributed by atoms with Crippen LogP contribution in [0.2, 0.25) is 0 Å². The third-order valence-electron chi connectivity index (χ3n) is 4.06. The number of nitrogens with one attached hydrogen (secondary N) is 1. The van der Waals surface area contributed by atoms with E-state index in [4.69, 9.17) is 10.2 Å². The van der Waals surface area contributed by atoms with E-state index in [1.807, 2.05) is 48.5 Å². The molecule has 1 amide bonds. The van der Waals surface area contributed by atoms with E-state index in [0.29, 0.717) is 5.92 Å². The summed E-state index contributed by atoms with van der Waals surface area (Å²) in [4.78, 5) is 16.3. The highest BCUT2D eigenvalue weighted by Gasteiger charge is 2.29. The van der Waals surface area contributed by atoms with Gasteiger partial charge in [0.1, 0.15) is 11.6 Å². The lowest BCUT2D eigenvalue weighted by Gasteiger charge is -2.17. The summed E-state index contributed by atoms with van der Waals surface area (Å²) in [5, 5.41) is 3.18. The van der Waals surface area contributed by atoms with Gasteiger partial charge in [0.25, 0.3) is 0 Å². The number of nitrogens with two attached hydrogens (primary N) is 1. The number of primary amides is 1. The molecule has 0 unspecified atom stereocenters. The number of hydrogen-bond acceptors (Lipinski definition) is 4. The molecule has 3 aromatic rings. The molecule has 0 radical (unpaired) electrons. The molecule has 116 valence electrons. The highest BCUT2D eigenvalue weighted by atomic mass is 16.3. The van der Waals surface area contributed by atoms with E-state index in [1.165, 1.54) is 0 Å². The fourth-order valence-corrected chi connectivity index (χ4v) is 2.67. The summed E-state index contributed by atoms with van der Waals surface area (Å²) < 4.78 is 5.75. The van der Waals surface area contributed by atoms with Gasteiger partial charge >= 0.3 is 0 Å². The van der Waals surface area contributed by atoms with Crippen molar-refractivity contribution in [1.82, 2.24) is 4.98 Å². The number of fused-ring (bicyclic) bond motifs is 1. The molecule has 1 heterocycles. The Morgan fingerprint density at radius 2 is 2.00 bits per heavy atom. The zero-order valence-electron chi connectivity index (χ0n) is 12.5. The Kier molecular flexibility index (Phi) is 3.26. The molecule has 0 bridgehead atoms. The van der Waals surface area contributed by atoms with Crippen molar-refractivity contribution in [3.05, 3.63) is 60.0 Å².